The zero-order chi connectivity index (χ0) is 13.1. The van der Waals surface area contributed by atoms with Crippen molar-refractivity contribution in [2.75, 3.05) is 5.32 Å². The number of amides is 1. The quantitative estimate of drug-likeness (QED) is 0.751. The maximum absolute atomic E-state index is 11.8. The van der Waals surface area contributed by atoms with Crippen LogP contribution < -0.4 is 5.32 Å². The van der Waals surface area contributed by atoms with Crippen LogP contribution in [0.5, 0.6) is 0 Å². The predicted octanol–water partition coefficient (Wildman–Crippen LogP) is 2.39. The third-order valence-electron chi connectivity index (χ3n) is 2.97. The second-order valence-corrected chi connectivity index (χ2v) is 4.35. The maximum atomic E-state index is 11.8. The summed E-state index contributed by atoms with van der Waals surface area (Å²) in [6, 6.07) is 9.52. The molecule has 2 aromatic heterocycles. The second-order valence-electron chi connectivity index (χ2n) is 4.35. The van der Waals surface area contributed by atoms with E-state index < -0.39 is 0 Å². The summed E-state index contributed by atoms with van der Waals surface area (Å²) in [7, 11) is 0. The van der Waals surface area contributed by atoms with Crippen LogP contribution in [0.25, 0.3) is 11.0 Å². The molecule has 0 bridgehead atoms. The SMILES string of the molecule is O=C(CCn1cccc1)Nc1ccc2nc[nH]c2c1. The lowest BCUT2D eigenvalue weighted by molar-refractivity contribution is -0.116. The van der Waals surface area contributed by atoms with Crippen molar-refractivity contribution in [3.05, 3.63) is 49.1 Å². The molecule has 0 fully saturated rings. The summed E-state index contributed by atoms with van der Waals surface area (Å²) in [5.74, 6) is 0.00700. The number of anilines is 1. The first-order valence-corrected chi connectivity index (χ1v) is 6.15. The van der Waals surface area contributed by atoms with Crippen LogP contribution >= 0.6 is 0 Å². The zero-order valence-corrected chi connectivity index (χ0v) is 10.3. The molecular weight excluding hydrogens is 240 g/mol. The Balaban J connectivity index is 1.62. The molecule has 5 nitrogen and oxygen atoms in total. The van der Waals surface area contributed by atoms with Crippen molar-refractivity contribution in [3.63, 3.8) is 0 Å². The van der Waals surface area contributed by atoms with Gasteiger partial charge in [-0.15, -0.1) is 0 Å². The Labute approximate surface area is 110 Å². The number of nitrogens with one attached hydrogen (secondary N) is 2. The Hall–Kier alpha value is -2.56. The molecule has 5 heteroatoms. The molecule has 0 aliphatic carbocycles. The molecule has 0 radical (unpaired) electrons. The number of aromatic nitrogens is 3. The van der Waals surface area contributed by atoms with Crippen molar-refractivity contribution in [3.8, 4) is 0 Å². The van der Waals surface area contributed by atoms with Gasteiger partial charge in [0.25, 0.3) is 0 Å². The van der Waals surface area contributed by atoms with E-state index in [9.17, 15) is 4.79 Å². The molecule has 1 aromatic carbocycles. The van der Waals surface area contributed by atoms with E-state index in [0.717, 1.165) is 16.7 Å². The third kappa shape index (κ3) is 2.65. The van der Waals surface area contributed by atoms with Gasteiger partial charge in [0.05, 0.1) is 17.4 Å². The van der Waals surface area contributed by atoms with Crippen LogP contribution in [0.2, 0.25) is 0 Å². The van der Waals surface area contributed by atoms with Gasteiger partial charge in [-0.05, 0) is 30.3 Å². The molecule has 0 saturated heterocycles. The molecule has 0 spiro atoms. The van der Waals surface area contributed by atoms with Gasteiger partial charge in [-0.2, -0.15) is 0 Å². The number of aromatic amines is 1. The van der Waals surface area contributed by atoms with Crippen molar-refractivity contribution < 1.29 is 4.79 Å². The molecule has 0 aliphatic rings. The Bertz CT molecular complexity index is 684. The van der Waals surface area contributed by atoms with Gasteiger partial charge in [0.2, 0.25) is 5.91 Å². The fourth-order valence-corrected chi connectivity index (χ4v) is 1.99. The summed E-state index contributed by atoms with van der Waals surface area (Å²) in [6.45, 7) is 0.686. The number of carbonyl (C=O) groups excluding carboxylic acids is 1. The molecule has 0 unspecified atom stereocenters. The summed E-state index contributed by atoms with van der Waals surface area (Å²) in [4.78, 5) is 19.0. The molecule has 0 saturated carbocycles. The number of aryl methyl sites for hydroxylation is 1. The Morgan fingerprint density at radius 3 is 3.00 bits per heavy atom. The highest BCUT2D eigenvalue weighted by Crippen LogP contribution is 2.15. The molecule has 2 N–H and O–H groups in total. The minimum atomic E-state index is 0.00700. The molecule has 0 aliphatic heterocycles. The molecule has 1 amide bonds. The fourth-order valence-electron chi connectivity index (χ4n) is 1.99. The molecule has 19 heavy (non-hydrogen) atoms. The lowest BCUT2D eigenvalue weighted by Crippen LogP contribution is -2.13. The number of H-pyrrole nitrogens is 1. The van der Waals surface area contributed by atoms with Crippen molar-refractivity contribution in [2.24, 2.45) is 0 Å². The van der Waals surface area contributed by atoms with E-state index in [0.29, 0.717) is 13.0 Å². The minimum absolute atomic E-state index is 0.00700. The minimum Gasteiger partial charge on any atom is -0.354 e. The number of rotatable bonds is 4. The molecule has 0 atom stereocenters. The average molecular weight is 254 g/mol. The summed E-state index contributed by atoms with van der Waals surface area (Å²) in [6.07, 6.45) is 5.99. The standard InChI is InChI=1S/C14H14N4O/c19-14(5-8-18-6-1-2-7-18)17-11-3-4-12-13(9-11)16-10-15-12/h1-4,6-7,9-10H,5,8H2,(H,15,16)(H,17,19). The van der Waals surface area contributed by atoms with Gasteiger partial charge in [-0.3, -0.25) is 4.79 Å². The van der Waals surface area contributed by atoms with Crippen LogP contribution in [0.4, 0.5) is 5.69 Å². The van der Waals surface area contributed by atoms with Crippen molar-refractivity contribution in [1.29, 1.82) is 0 Å². The van der Waals surface area contributed by atoms with E-state index in [4.69, 9.17) is 0 Å². The number of carbonyl (C=O) groups is 1. The second kappa shape index (κ2) is 4.97. The van der Waals surface area contributed by atoms with Gasteiger partial charge < -0.3 is 14.9 Å². The van der Waals surface area contributed by atoms with Crippen molar-refractivity contribution in [2.45, 2.75) is 13.0 Å². The first-order valence-electron chi connectivity index (χ1n) is 6.15. The number of imidazole rings is 1. The van der Waals surface area contributed by atoms with Crippen LogP contribution in [0.1, 0.15) is 6.42 Å². The van der Waals surface area contributed by atoms with E-state index in [1.165, 1.54) is 0 Å². The maximum Gasteiger partial charge on any atom is 0.226 e. The van der Waals surface area contributed by atoms with E-state index in [2.05, 4.69) is 15.3 Å². The summed E-state index contributed by atoms with van der Waals surface area (Å²) >= 11 is 0. The smallest absolute Gasteiger partial charge is 0.226 e. The first-order chi connectivity index (χ1) is 9.31. The highest BCUT2D eigenvalue weighted by molar-refractivity contribution is 5.92. The first kappa shape index (κ1) is 11.5. The number of hydrogen-bond acceptors (Lipinski definition) is 2. The lowest BCUT2D eigenvalue weighted by atomic mass is 10.2. The Morgan fingerprint density at radius 2 is 2.16 bits per heavy atom. The van der Waals surface area contributed by atoms with Gasteiger partial charge in [0.15, 0.2) is 0 Å². The van der Waals surface area contributed by atoms with E-state index in [1.54, 1.807) is 6.33 Å². The normalized spacial score (nSPS) is 10.7. The van der Waals surface area contributed by atoms with E-state index >= 15 is 0 Å². The Morgan fingerprint density at radius 1 is 1.32 bits per heavy atom. The van der Waals surface area contributed by atoms with E-state index in [1.807, 2.05) is 47.3 Å². The summed E-state index contributed by atoms with van der Waals surface area (Å²) in [5.41, 5.74) is 2.60. The van der Waals surface area contributed by atoms with Crippen molar-refractivity contribution >= 4 is 22.6 Å². The van der Waals surface area contributed by atoms with E-state index in [-0.39, 0.29) is 5.91 Å². The van der Waals surface area contributed by atoms with Crippen LogP contribution in [0.15, 0.2) is 49.1 Å². The van der Waals surface area contributed by atoms with Crippen molar-refractivity contribution in [1.82, 2.24) is 14.5 Å². The number of hydrogen-bond donors (Lipinski definition) is 2. The zero-order valence-electron chi connectivity index (χ0n) is 10.3. The summed E-state index contributed by atoms with van der Waals surface area (Å²) < 4.78 is 1.98. The molecule has 3 rings (SSSR count). The molecule has 2 heterocycles. The highest BCUT2D eigenvalue weighted by atomic mass is 16.1. The van der Waals surface area contributed by atoms with Crippen LogP contribution in [-0.2, 0) is 11.3 Å². The number of fused-ring (bicyclic) bond motifs is 1. The monoisotopic (exact) mass is 254 g/mol. The summed E-state index contributed by atoms with van der Waals surface area (Å²) in [5, 5.41) is 2.89. The predicted molar refractivity (Wildman–Crippen MR) is 73.8 cm³/mol. The topological polar surface area (TPSA) is 62.7 Å². The molecule has 3 aromatic rings. The van der Waals surface area contributed by atoms with Gasteiger partial charge in [0, 0.05) is 31.0 Å². The number of benzene rings is 1. The molecular formula is C14H14N4O. The highest BCUT2D eigenvalue weighted by Gasteiger charge is 2.04. The van der Waals surface area contributed by atoms with Crippen LogP contribution in [0, 0.1) is 0 Å². The third-order valence-corrected chi connectivity index (χ3v) is 2.97. The largest absolute Gasteiger partial charge is 0.354 e. The van der Waals surface area contributed by atoms with Gasteiger partial charge in [-0.1, -0.05) is 0 Å². The van der Waals surface area contributed by atoms with Gasteiger partial charge in [-0.25, -0.2) is 4.98 Å². The van der Waals surface area contributed by atoms with Gasteiger partial charge in [0.1, 0.15) is 0 Å². The number of nitrogens with zero attached hydrogens (tertiary/aromatic N) is 2. The van der Waals surface area contributed by atoms with Gasteiger partial charge >= 0.3 is 0 Å². The lowest BCUT2D eigenvalue weighted by Gasteiger charge is -2.06. The molecule has 96 valence electrons. The Kier molecular flexibility index (Phi) is 3.02. The average Bonchev–Trinajstić information content (AvgIpc) is 3.07. The fraction of sp³-hybridized carbons (Fsp3) is 0.143. The van der Waals surface area contributed by atoms with Crippen LogP contribution in [0.3, 0.4) is 0 Å². The van der Waals surface area contributed by atoms with Crippen LogP contribution in [-0.4, -0.2) is 20.4 Å².